The molecule has 1 aliphatic heterocycles. The number of rotatable bonds is 8. The fourth-order valence-electron chi connectivity index (χ4n) is 5.11. The molecule has 0 spiro atoms. The van der Waals surface area contributed by atoms with Gasteiger partial charge < -0.3 is 20.1 Å². The number of amides is 2. The third-order valence-electron chi connectivity index (χ3n) is 6.95. The van der Waals surface area contributed by atoms with Crippen molar-refractivity contribution < 1.29 is 24.2 Å². The minimum atomic E-state index is -0.907. The van der Waals surface area contributed by atoms with Gasteiger partial charge in [-0.15, -0.1) is 6.58 Å². The zero-order chi connectivity index (χ0) is 24.2. The van der Waals surface area contributed by atoms with Crippen LogP contribution in [0.5, 0.6) is 0 Å². The molecule has 0 saturated carbocycles. The Labute approximate surface area is 199 Å². The zero-order valence-electron chi connectivity index (χ0n) is 19.3. The van der Waals surface area contributed by atoms with Crippen LogP contribution < -0.4 is 5.32 Å². The van der Waals surface area contributed by atoms with Gasteiger partial charge in [0.15, 0.2) is 0 Å². The third kappa shape index (κ3) is 4.55. The van der Waals surface area contributed by atoms with Gasteiger partial charge in [0.2, 0.25) is 5.91 Å². The first kappa shape index (κ1) is 23.5. The number of nitrogens with one attached hydrogen (secondary N) is 1. The molecule has 0 radical (unpaired) electrons. The Morgan fingerprint density at radius 2 is 1.76 bits per heavy atom. The number of carbonyl (C=O) groups is 3. The summed E-state index contributed by atoms with van der Waals surface area (Å²) in [5, 5.41) is 12.1. The van der Waals surface area contributed by atoms with Crippen LogP contribution in [0.1, 0.15) is 43.2 Å². The second-order valence-corrected chi connectivity index (χ2v) is 8.89. The number of allylic oxidation sites excluding steroid dienone is 1. The topological polar surface area (TPSA) is 95.9 Å². The summed E-state index contributed by atoms with van der Waals surface area (Å²) in [7, 11) is 0. The smallest absolute Gasteiger partial charge is 0.407 e. The highest BCUT2D eigenvalue weighted by Crippen LogP contribution is 2.44. The molecule has 3 atom stereocenters. The molecule has 2 aromatic rings. The molecule has 7 nitrogen and oxygen atoms in total. The number of hydrogen-bond acceptors (Lipinski definition) is 4. The second-order valence-electron chi connectivity index (χ2n) is 8.89. The largest absolute Gasteiger partial charge is 0.481 e. The van der Waals surface area contributed by atoms with Crippen LogP contribution in [-0.2, 0) is 14.3 Å². The van der Waals surface area contributed by atoms with Crippen molar-refractivity contribution in [2.45, 2.75) is 44.2 Å². The first-order valence-electron chi connectivity index (χ1n) is 11.7. The molecule has 2 aliphatic rings. The van der Waals surface area contributed by atoms with Gasteiger partial charge >= 0.3 is 12.1 Å². The lowest BCUT2D eigenvalue weighted by Gasteiger charge is -2.28. The number of nitrogens with zero attached hydrogens (tertiary/aromatic N) is 1. The van der Waals surface area contributed by atoms with Crippen molar-refractivity contribution in [3.8, 4) is 11.1 Å². The number of likely N-dealkylation sites (tertiary alicyclic amines) is 1. The van der Waals surface area contributed by atoms with E-state index in [-0.39, 0.29) is 18.4 Å². The monoisotopic (exact) mass is 462 g/mol. The highest BCUT2D eigenvalue weighted by atomic mass is 16.5. The van der Waals surface area contributed by atoms with E-state index in [2.05, 4.69) is 24.0 Å². The van der Waals surface area contributed by atoms with Gasteiger partial charge in [-0.25, -0.2) is 4.79 Å². The van der Waals surface area contributed by atoms with Crippen LogP contribution in [0.15, 0.2) is 61.2 Å². The summed E-state index contributed by atoms with van der Waals surface area (Å²) in [6.45, 7) is 5.95. The molecule has 3 unspecified atom stereocenters. The van der Waals surface area contributed by atoms with E-state index in [4.69, 9.17) is 4.74 Å². The molecule has 4 rings (SSSR count). The lowest BCUT2D eigenvalue weighted by molar-refractivity contribution is -0.143. The van der Waals surface area contributed by atoms with Gasteiger partial charge in [0.1, 0.15) is 12.6 Å². The molecule has 0 bridgehead atoms. The van der Waals surface area contributed by atoms with Crippen molar-refractivity contribution in [3.05, 3.63) is 72.3 Å². The van der Waals surface area contributed by atoms with Gasteiger partial charge in [-0.2, -0.15) is 0 Å². The summed E-state index contributed by atoms with van der Waals surface area (Å²) in [6.07, 6.45) is 2.33. The number of carboxylic acids is 1. The average molecular weight is 463 g/mol. The maximum atomic E-state index is 13.2. The summed E-state index contributed by atoms with van der Waals surface area (Å²) < 4.78 is 5.61. The van der Waals surface area contributed by atoms with Crippen LogP contribution >= 0.6 is 0 Å². The fraction of sp³-hybridized carbons (Fsp3) is 0.370. The highest BCUT2D eigenvalue weighted by Gasteiger charge is 2.40. The van der Waals surface area contributed by atoms with Gasteiger partial charge in [-0.1, -0.05) is 54.6 Å². The Kier molecular flexibility index (Phi) is 7.01. The van der Waals surface area contributed by atoms with Crippen molar-refractivity contribution >= 4 is 18.0 Å². The maximum Gasteiger partial charge on any atom is 0.407 e. The lowest BCUT2D eigenvalue weighted by atomic mass is 9.98. The predicted molar refractivity (Wildman–Crippen MR) is 128 cm³/mol. The van der Waals surface area contributed by atoms with E-state index >= 15 is 0 Å². The van der Waals surface area contributed by atoms with E-state index in [1.807, 2.05) is 36.4 Å². The SMILES string of the molecule is C=CCCC(NC(=O)OCC1c2ccccc2-c2ccccc21)C(=O)N1CCC(C(=O)O)C1C. The van der Waals surface area contributed by atoms with E-state index < -0.39 is 30.1 Å². The number of hydrogen-bond donors (Lipinski definition) is 2. The summed E-state index contributed by atoms with van der Waals surface area (Å²) in [5.74, 6) is -1.87. The number of fused-ring (bicyclic) bond motifs is 3. The van der Waals surface area contributed by atoms with Crippen molar-refractivity contribution in [1.29, 1.82) is 0 Å². The quantitative estimate of drug-likeness (QED) is 0.574. The van der Waals surface area contributed by atoms with Gasteiger partial charge in [0.05, 0.1) is 5.92 Å². The first-order chi connectivity index (χ1) is 16.4. The molecule has 1 fully saturated rings. The molecule has 2 aromatic carbocycles. The summed E-state index contributed by atoms with van der Waals surface area (Å²) >= 11 is 0. The van der Waals surface area contributed by atoms with E-state index in [1.54, 1.807) is 17.9 Å². The number of carbonyl (C=O) groups excluding carboxylic acids is 2. The summed E-state index contributed by atoms with van der Waals surface area (Å²) in [4.78, 5) is 38.9. The number of aliphatic carboxylic acids is 1. The number of ether oxygens (including phenoxy) is 1. The third-order valence-corrected chi connectivity index (χ3v) is 6.95. The zero-order valence-corrected chi connectivity index (χ0v) is 19.3. The number of alkyl carbamates (subject to hydrolysis) is 1. The van der Waals surface area contributed by atoms with Crippen molar-refractivity contribution in [3.63, 3.8) is 0 Å². The van der Waals surface area contributed by atoms with Crippen molar-refractivity contribution in [2.24, 2.45) is 5.92 Å². The Morgan fingerprint density at radius 3 is 2.32 bits per heavy atom. The molecule has 34 heavy (non-hydrogen) atoms. The molecular weight excluding hydrogens is 432 g/mol. The Hall–Kier alpha value is -3.61. The molecule has 7 heteroatoms. The second kappa shape index (κ2) is 10.1. The molecular formula is C27H30N2O5. The molecule has 2 amide bonds. The minimum absolute atomic E-state index is 0.0737. The van der Waals surface area contributed by atoms with Crippen LogP contribution in [0, 0.1) is 5.92 Å². The van der Waals surface area contributed by atoms with Crippen LogP contribution in [0.4, 0.5) is 4.79 Å². The van der Waals surface area contributed by atoms with E-state index in [0.717, 1.165) is 22.3 Å². The lowest BCUT2D eigenvalue weighted by Crippen LogP contribution is -2.50. The highest BCUT2D eigenvalue weighted by molar-refractivity contribution is 5.87. The van der Waals surface area contributed by atoms with Gasteiger partial charge in [-0.3, -0.25) is 9.59 Å². The normalized spacial score (nSPS) is 19.7. The average Bonchev–Trinajstić information content (AvgIpc) is 3.38. The molecule has 178 valence electrons. The van der Waals surface area contributed by atoms with Crippen LogP contribution in [0.3, 0.4) is 0 Å². The number of benzene rings is 2. The Bertz CT molecular complexity index is 1050. The van der Waals surface area contributed by atoms with Crippen molar-refractivity contribution in [2.75, 3.05) is 13.2 Å². The standard InChI is InChI=1S/C27H30N2O5/c1-3-4-13-24(25(30)29-15-14-18(17(29)2)26(31)32)28-27(33)34-16-23-21-11-7-5-9-19(21)20-10-6-8-12-22(20)23/h3,5-12,17-18,23-24H,1,4,13-16H2,2H3,(H,28,33)(H,31,32). The summed E-state index contributed by atoms with van der Waals surface area (Å²) in [6, 6.07) is 14.9. The molecule has 2 N–H and O–H groups in total. The van der Waals surface area contributed by atoms with Crippen molar-refractivity contribution in [1.82, 2.24) is 10.2 Å². The van der Waals surface area contributed by atoms with Crippen LogP contribution in [0.25, 0.3) is 11.1 Å². The summed E-state index contributed by atoms with van der Waals surface area (Å²) in [5.41, 5.74) is 4.51. The van der Waals surface area contributed by atoms with Gasteiger partial charge in [0.25, 0.3) is 0 Å². The van der Waals surface area contributed by atoms with Crippen LogP contribution in [-0.4, -0.2) is 53.2 Å². The first-order valence-corrected chi connectivity index (χ1v) is 11.7. The van der Waals surface area contributed by atoms with E-state index in [0.29, 0.717) is 25.8 Å². The Morgan fingerprint density at radius 1 is 1.15 bits per heavy atom. The maximum absolute atomic E-state index is 13.2. The molecule has 1 saturated heterocycles. The molecule has 1 aliphatic carbocycles. The molecule has 0 aromatic heterocycles. The van der Waals surface area contributed by atoms with E-state index in [9.17, 15) is 19.5 Å². The number of carboxylic acid groups (broad SMARTS) is 1. The fourth-order valence-corrected chi connectivity index (χ4v) is 5.11. The van der Waals surface area contributed by atoms with E-state index in [1.165, 1.54) is 0 Å². The van der Waals surface area contributed by atoms with Gasteiger partial charge in [0, 0.05) is 18.5 Å². The Balaban J connectivity index is 1.43. The van der Waals surface area contributed by atoms with Crippen LogP contribution in [0.2, 0.25) is 0 Å². The molecule has 1 heterocycles. The minimum Gasteiger partial charge on any atom is -0.481 e. The predicted octanol–water partition coefficient (Wildman–Crippen LogP) is 4.18. The van der Waals surface area contributed by atoms with Gasteiger partial charge in [-0.05, 0) is 48.4 Å².